The summed E-state index contributed by atoms with van der Waals surface area (Å²) in [5.41, 5.74) is -3.68. The van der Waals surface area contributed by atoms with Crippen LogP contribution in [-0.2, 0) is 28.3 Å². The lowest BCUT2D eigenvalue weighted by molar-refractivity contribution is -0.139. The van der Waals surface area contributed by atoms with Crippen LogP contribution < -0.4 is 10.5 Å². The molecule has 0 radical (unpaired) electrons. The van der Waals surface area contributed by atoms with Gasteiger partial charge in [-0.25, -0.2) is 15.1 Å². The largest absolute Gasteiger partial charge is 0.422 e. The molecular weight excluding hydrogens is 498 g/mol. The van der Waals surface area contributed by atoms with Crippen molar-refractivity contribution in [3.05, 3.63) is 45.1 Å². The van der Waals surface area contributed by atoms with Crippen molar-refractivity contribution >= 4 is 11.9 Å². The van der Waals surface area contributed by atoms with Crippen molar-refractivity contribution in [1.29, 1.82) is 0 Å². The third kappa shape index (κ3) is 5.44. The number of alkyl halides is 6. The Morgan fingerprint density at radius 3 is 2.33 bits per heavy atom. The summed E-state index contributed by atoms with van der Waals surface area (Å²) in [5, 5.41) is 5.63. The van der Waals surface area contributed by atoms with Crippen molar-refractivity contribution in [3.8, 4) is 0 Å². The summed E-state index contributed by atoms with van der Waals surface area (Å²) in [6, 6.07) is 0. The highest BCUT2D eigenvalue weighted by Crippen LogP contribution is 2.39. The highest BCUT2D eigenvalue weighted by atomic mass is 19.4. The summed E-state index contributed by atoms with van der Waals surface area (Å²) in [7, 11) is 0. The summed E-state index contributed by atoms with van der Waals surface area (Å²) in [5.74, 6) is -0.102. The van der Waals surface area contributed by atoms with Crippen molar-refractivity contribution in [3.63, 3.8) is 0 Å². The zero-order valence-electron chi connectivity index (χ0n) is 19.0. The quantitative estimate of drug-likeness (QED) is 0.605. The number of nitrogens with zero attached hydrogens (tertiary/aromatic N) is 5. The van der Waals surface area contributed by atoms with Crippen LogP contribution in [0.5, 0.6) is 0 Å². The zero-order chi connectivity index (χ0) is 26.3. The van der Waals surface area contributed by atoms with Crippen molar-refractivity contribution in [1.82, 2.24) is 25.1 Å². The van der Waals surface area contributed by atoms with Crippen LogP contribution in [0.1, 0.15) is 48.3 Å². The molecule has 0 aromatic carbocycles. The Morgan fingerprint density at radius 2 is 1.75 bits per heavy atom. The van der Waals surface area contributed by atoms with Gasteiger partial charge in [-0.3, -0.25) is 9.59 Å². The molecule has 2 atom stereocenters. The first-order valence-corrected chi connectivity index (χ1v) is 11.1. The van der Waals surface area contributed by atoms with E-state index in [4.69, 9.17) is 4.74 Å². The minimum absolute atomic E-state index is 0.0135. The number of rotatable bonds is 5. The van der Waals surface area contributed by atoms with E-state index in [2.05, 4.69) is 15.1 Å². The van der Waals surface area contributed by atoms with E-state index >= 15 is 0 Å². The van der Waals surface area contributed by atoms with Gasteiger partial charge in [0, 0.05) is 38.6 Å². The maximum Gasteiger partial charge on any atom is 0.422 e. The molecule has 0 spiro atoms. The number of aromatic nitrogens is 4. The van der Waals surface area contributed by atoms with Crippen LogP contribution in [0.25, 0.3) is 0 Å². The Kier molecular flexibility index (Phi) is 6.94. The molecule has 0 saturated carbocycles. The third-order valence-corrected chi connectivity index (χ3v) is 6.10. The first kappa shape index (κ1) is 25.9. The van der Waals surface area contributed by atoms with Crippen LogP contribution in [0.2, 0.25) is 0 Å². The summed E-state index contributed by atoms with van der Waals surface area (Å²) >= 11 is 0. The zero-order valence-corrected chi connectivity index (χ0v) is 19.0. The summed E-state index contributed by atoms with van der Waals surface area (Å²) in [6.07, 6.45) is -9.18. The Balaban J connectivity index is 1.31. The molecule has 0 bridgehead atoms. The number of aromatic amines is 1. The minimum Gasteiger partial charge on any atom is -0.368 e. The molecular formula is C21H22F6N6O3. The minimum atomic E-state index is -4.81. The van der Waals surface area contributed by atoms with E-state index in [1.54, 1.807) is 16.7 Å². The van der Waals surface area contributed by atoms with E-state index in [0.29, 0.717) is 38.6 Å². The molecule has 1 N–H and O–H groups in total. The van der Waals surface area contributed by atoms with Crippen molar-refractivity contribution in [2.24, 2.45) is 0 Å². The summed E-state index contributed by atoms with van der Waals surface area (Å²) in [4.78, 5) is 35.1. The molecule has 2 aromatic rings. The molecule has 3 heterocycles. The fraction of sp³-hybridized carbons (Fsp3) is 0.571. The fourth-order valence-corrected chi connectivity index (χ4v) is 4.35. The number of amides is 1. The first-order chi connectivity index (χ1) is 16.8. The average Bonchev–Trinajstić information content (AvgIpc) is 3.19. The van der Waals surface area contributed by atoms with E-state index in [9.17, 15) is 35.9 Å². The van der Waals surface area contributed by atoms with Gasteiger partial charge >= 0.3 is 12.4 Å². The normalized spacial score (nSPS) is 19.4. The molecule has 1 saturated heterocycles. The van der Waals surface area contributed by atoms with Crippen molar-refractivity contribution in [2.45, 2.75) is 50.7 Å². The van der Waals surface area contributed by atoms with Crippen LogP contribution in [0.4, 0.5) is 32.3 Å². The van der Waals surface area contributed by atoms with E-state index in [1.807, 2.05) is 5.10 Å². The summed E-state index contributed by atoms with van der Waals surface area (Å²) < 4.78 is 83.7. The number of carbonyl (C=O) groups is 1. The van der Waals surface area contributed by atoms with E-state index < -0.39 is 41.2 Å². The van der Waals surface area contributed by atoms with Gasteiger partial charge in [-0.1, -0.05) is 0 Å². The standard InChI is InChI=1S/C21H22F6N6O3/c1-11(36-14-3-2-13-16(21(25,26)27)18(35)31-30-17(13)14)8-15(34)32-4-6-33(7-5-32)19-28-9-12(10-29-19)20(22,23)24/h9-11,14H,2-8H2,1H3,(H,31,35)/t11-,14+/m0/s1. The van der Waals surface area contributed by atoms with Crippen molar-refractivity contribution < 1.29 is 35.9 Å². The molecule has 9 nitrogen and oxygen atoms in total. The van der Waals surface area contributed by atoms with Gasteiger partial charge in [-0.2, -0.15) is 31.4 Å². The Bertz CT molecular complexity index is 1160. The molecule has 1 aliphatic carbocycles. The monoisotopic (exact) mass is 520 g/mol. The highest BCUT2D eigenvalue weighted by Gasteiger charge is 2.42. The van der Waals surface area contributed by atoms with Gasteiger partial charge < -0.3 is 14.5 Å². The first-order valence-electron chi connectivity index (χ1n) is 11.1. The number of nitrogens with one attached hydrogen (secondary N) is 1. The van der Waals surface area contributed by atoms with Gasteiger partial charge in [0.05, 0.1) is 23.8 Å². The fourth-order valence-electron chi connectivity index (χ4n) is 4.35. The molecule has 1 amide bonds. The van der Waals surface area contributed by atoms with Gasteiger partial charge in [0.15, 0.2) is 0 Å². The number of anilines is 1. The number of fused-ring (bicyclic) bond motifs is 1. The third-order valence-electron chi connectivity index (χ3n) is 6.10. The van der Waals surface area contributed by atoms with Crippen molar-refractivity contribution in [2.75, 3.05) is 31.1 Å². The Morgan fingerprint density at radius 1 is 1.11 bits per heavy atom. The van der Waals surface area contributed by atoms with E-state index in [1.165, 1.54) is 0 Å². The molecule has 0 unspecified atom stereocenters. The molecule has 196 valence electrons. The van der Waals surface area contributed by atoms with Gasteiger partial charge in [-0.15, -0.1) is 0 Å². The second kappa shape index (κ2) is 9.67. The molecule has 1 fully saturated rings. The topological polar surface area (TPSA) is 104 Å². The lowest BCUT2D eigenvalue weighted by atomic mass is 10.1. The Hall–Kier alpha value is -3.23. The highest BCUT2D eigenvalue weighted by molar-refractivity contribution is 5.77. The van der Waals surface area contributed by atoms with Crippen LogP contribution in [0.3, 0.4) is 0 Å². The molecule has 4 rings (SSSR count). The number of H-pyrrole nitrogens is 1. The van der Waals surface area contributed by atoms with Crippen LogP contribution in [0.15, 0.2) is 17.2 Å². The smallest absolute Gasteiger partial charge is 0.368 e. The molecule has 15 heteroatoms. The Labute approximate surface area is 200 Å². The van der Waals surface area contributed by atoms with Gasteiger partial charge in [-0.05, 0) is 25.3 Å². The predicted octanol–water partition coefficient (Wildman–Crippen LogP) is 2.73. The average molecular weight is 520 g/mol. The number of hydrogen-bond donors (Lipinski definition) is 1. The summed E-state index contributed by atoms with van der Waals surface area (Å²) in [6.45, 7) is 2.85. The van der Waals surface area contributed by atoms with Gasteiger partial charge in [0.25, 0.3) is 5.56 Å². The van der Waals surface area contributed by atoms with E-state index in [0.717, 1.165) is 0 Å². The van der Waals surface area contributed by atoms with Gasteiger partial charge in [0.2, 0.25) is 11.9 Å². The van der Waals surface area contributed by atoms with E-state index in [-0.39, 0.29) is 42.4 Å². The molecule has 1 aliphatic heterocycles. The number of hydrogen-bond acceptors (Lipinski definition) is 7. The number of piperazine rings is 1. The van der Waals surface area contributed by atoms with Crippen LogP contribution in [0, 0.1) is 0 Å². The lowest BCUT2D eigenvalue weighted by Gasteiger charge is -2.35. The molecule has 2 aromatic heterocycles. The number of halogens is 6. The predicted molar refractivity (Wildman–Crippen MR) is 112 cm³/mol. The SMILES string of the molecule is C[C@@H](CC(=O)N1CCN(c2ncc(C(F)(F)F)cn2)CC1)O[C@@H]1CCc2c1n[nH]c(=O)c2C(F)(F)F. The number of ether oxygens (including phenoxy) is 1. The second-order valence-electron chi connectivity index (χ2n) is 8.60. The van der Waals surface area contributed by atoms with Crippen LogP contribution >= 0.6 is 0 Å². The maximum absolute atomic E-state index is 13.3. The molecule has 36 heavy (non-hydrogen) atoms. The molecule has 2 aliphatic rings. The second-order valence-corrected chi connectivity index (χ2v) is 8.60. The number of carbonyl (C=O) groups excluding carboxylic acids is 1. The lowest BCUT2D eigenvalue weighted by Crippen LogP contribution is -2.49. The maximum atomic E-state index is 13.3. The van der Waals surface area contributed by atoms with Gasteiger partial charge in [0.1, 0.15) is 11.7 Å². The van der Waals surface area contributed by atoms with Crippen LogP contribution in [-0.4, -0.2) is 63.3 Å².